The number of rotatable bonds is 4. The Hall–Kier alpha value is -3.68. The van der Waals surface area contributed by atoms with Crippen LogP contribution in [0.4, 0.5) is 14.9 Å². The number of halogens is 1. The van der Waals surface area contributed by atoms with Gasteiger partial charge in [-0.05, 0) is 82.1 Å². The van der Waals surface area contributed by atoms with Crippen LogP contribution in [-0.4, -0.2) is 58.8 Å². The number of carboxylic acid groups (broad SMARTS) is 1. The molecular weight excluding hydrogens is 449 g/mol. The monoisotopic (exact) mass is 479 g/mol. The molecule has 0 radical (unpaired) electrons. The van der Waals surface area contributed by atoms with Crippen molar-refractivity contribution in [2.75, 3.05) is 25.0 Å². The number of piperidine rings is 1. The van der Waals surface area contributed by atoms with Crippen molar-refractivity contribution in [3.63, 3.8) is 0 Å². The summed E-state index contributed by atoms with van der Waals surface area (Å²) < 4.78 is 19.1. The zero-order chi connectivity index (χ0) is 25.3. The highest BCUT2D eigenvalue weighted by atomic mass is 19.1. The van der Waals surface area contributed by atoms with Crippen LogP contribution < -0.4 is 4.90 Å². The highest BCUT2D eigenvalue weighted by molar-refractivity contribution is 5.96. The topological polar surface area (TPSA) is 83.0 Å². The summed E-state index contributed by atoms with van der Waals surface area (Å²) in [4.78, 5) is 32.7. The van der Waals surface area contributed by atoms with Gasteiger partial charge in [0.15, 0.2) is 0 Å². The number of aromatic carboxylic acids is 1. The molecule has 0 atom stereocenters. The van der Waals surface area contributed by atoms with Crippen LogP contribution in [0.1, 0.15) is 44.0 Å². The molecule has 1 aliphatic rings. The Morgan fingerprint density at radius 1 is 1.09 bits per heavy atom. The molecular formula is C27H30FN3O4. The minimum atomic E-state index is -1.00. The van der Waals surface area contributed by atoms with E-state index in [0.29, 0.717) is 29.7 Å². The first-order chi connectivity index (χ1) is 16.5. The maximum Gasteiger partial charge on any atom is 0.410 e. The Labute approximate surface area is 204 Å². The Bertz CT molecular complexity index is 1250. The van der Waals surface area contributed by atoms with Gasteiger partial charge in [-0.25, -0.2) is 19.0 Å². The predicted molar refractivity (Wildman–Crippen MR) is 133 cm³/mol. The summed E-state index contributed by atoms with van der Waals surface area (Å²) in [5.41, 5.74) is 2.59. The minimum absolute atomic E-state index is 0.134. The van der Waals surface area contributed by atoms with Gasteiger partial charge in [-0.3, -0.25) is 0 Å². The van der Waals surface area contributed by atoms with Gasteiger partial charge in [0.1, 0.15) is 11.4 Å². The van der Waals surface area contributed by atoms with Crippen LogP contribution in [0.3, 0.4) is 0 Å². The van der Waals surface area contributed by atoms with E-state index in [1.165, 1.54) is 18.2 Å². The molecule has 0 bridgehead atoms. The lowest BCUT2D eigenvalue weighted by atomic mass is 10.00. The number of ether oxygens (including phenoxy) is 1. The minimum Gasteiger partial charge on any atom is -0.478 e. The molecule has 2 heterocycles. The molecule has 8 heteroatoms. The van der Waals surface area contributed by atoms with Crippen LogP contribution in [-0.2, 0) is 4.74 Å². The first kappa shape index (κ1) is 24.4. The second-order valence-electron chi connectivity index (χ2n) is 9.89. The molecule has 1 aliphatic heterocycles. The SMILES string of the molecule is CN(c1cc2cc(C(=O)O)ccc2nc1-c1ccc(F)cc1)C1CCN(C(=O)OC(C)(C)C)CC1. The van der Waals surface area contributed by atoms with Gasteiger partial charge in [0.05, 0.1) is 22.5 Å². The molecule has 0 spiro atoms. The molecule has 4 rings (SSSR count). The van der Waals surface area contributed by atoms with Crippen molar-refractivity contribution in [1.82, 2.24) is 9.88 Å². The summed E-state index contributed by atoms with van der Waals surface area (Å²) >= 11 is 0. The van der Waals surface area contributed by atoms with Gasteiger partial charge in [-0.1, -0.05) is 0 Å². The zero-order valence-corrected chi connectivity index (χ0v) is 20.4. The fourth-order valence-corrected chi connectivity index (χ4v) is 4.35. The van der Waals surface area contributed by atoms with Gasteiger partial charge >= 0.3 is 12.1 Å². The smallest absolute Gasteiger partial charge is 0.410 e. The van der Waals surface area contributed by atoms with E-state index >= 15 is 0 Å². The zero-order valence-electron chi connectivity index (χ0n) is 20.4. The van der Waals surface area contributed by atoms with E-state index < -0.39 is 11.6 Å². The summed E-state index contributed by atoms with van der Waals surface area (Å²) in [5.74, 6) is -1.33. The molecule has 1 N–H and O–H groups in total. The second kappa shape index (κ2) is 9.52. The Morgan fingerprint density at radius 3 is 2.34 bits per heavy atom. The first-order valence-electron chi connectivity index (χ1n) is 11.7. The summed E-state index contributed by atoms with van der Waals surface area (Å²) in [6.07, 6.45) is 1.18. The molecule has 1 fully saturated rings. The van der Waals surface area contributed by atoms with Crippen molar-refractivity contribution in [2.45, 2.75) is 45.3 Å². The van der Waals surface area contributed by atoms with Gasteiger partial charge in [0, 0.05) is 37.1 Å². The molecule has 1 amide bonds. The number of anilines is 1. The lowest BCUT2D eigenvalue weighted by Crippen LogP contribution is -2.47. The number of benzene rings is 2. The molecule has 2 aromatic carbocycles. The lowest BCUT2D eigenvalue weighted by Gasteiger charge is -2.38. The maximum absolute atomic E-state index is 13.6. The van der Waals surface area contributed by atoms with Crippen LogP contribution in [0.5, 0.6) is 0 Å². The molecule has 0 saturated carbocycles. The van der Waals surface area contributed by atoms with Crippen molar-refractivity contribution < 1.29 is 23.8 Å². The normalized spacial score (nSPS) is 14.7. The fraction of sp³-hybridized carbons (Fsp3) is 0.370. The van der Waals surface area contributed by atoms with Gasteiger partial charge in [-0.2, -0.15) is 0 Å². The predicted octanol–water partition coefficient (Wildman–Crippen LogP) is 5.57. The average molecular weight is 480 g/mol. The number of fused-ring (bicyclic) bond motifs is 1. The Morgan fingerprint density at radius 2 is 1.74 bits per heavy atom. The number of aromatic nitrogens is 1. The van der Waals surface area contributed by atoms with E-state index in [0.717, 1.165) is 24.1 Å². The Kier molecular flexibility index (Phi) is 6.65. The standard InChI is InChI=1S/C27H30FN3O4/c1-27(2,3)35-26(34)31-13-11-21(12-14-31)30(4)23-16-19-15-18(25(32)33)7-10-22(19)29-24(23)17-5-8-20(28)9-6-17/h5-10,15-16,21H,11-14H2,1-4H3,(H,32,33). The van der Waals surface area contributed by atoms with Crippen molar-refractivity contribution in [1.29, 1.82) is 0 Å². The third kappa shape index (κ3) is 5.53. The molecule has 184 valence electrons. The van der Waals surface area contributed by atoms with E-state index in [2.05, 4.69) is 4.90 Å². The highest BCUT2D eigenvalue weighted by Crippen LogP contribution is 2.35. The largest absolute Gasteiger partial charge is 0.478 e. The number of amides is 1. The number of carbonyl (C=O) groups excluding carboxylic acids is 1. The summed E-state index contributed by atoms with van der Waals surface area (Å²) in [5, 5.41) is 10.1. The van der Waals surface area contributed by atoms with E-state index in [4.69, 9.17) is 9.72 Å². The second-order valence-corrected chi connectivity index (χ2v) is 9.89. The van der Waals surface area contributed by atoms with Crippen LogP contribution in [0, 0.1) is 5.82 Å². The first-order valence-corrected chi connectivity index (χ1v) is 11.7. The molecule has 35 heavy (non-hydrogen) atoms. The number of carboxylic acids is 1. The molecule has 1 saturated heterocycles. The number of pyridine rings is 1. The third-order valence-electron chi connectivity index (χ3n) is 6.20. The Balaban J connectivity index is 1.65. The molecule has 0 unspecified atom stereocenters. The quantitative estimate of drug-likeness (QED) is 0.526. The van der Waals surface area contributed by atoms with Crippen LogP contribution in [0.2, 0.25) is 0 Å². The van der Waals surface area contributed by atoms with Crippen molar-refractivity contribution in [3.8, 4) is 11.3 Å². The molecule has 1 aromatic heterocycles. The molecule has 7 nitrogen and oxygen atoms in total. The van der Waals surface area contributed by atoms with Gasteiger partial charge < -0.3 is 19.6 Å². The summed E-state index contributed by atoms with van der Waals surface area (Å²) in [6, 6.07) is 13.1. The van der Waals surface area contributed by atoms with Crippen molar-refractivity contribution >= 4 is 28.7 Å². The van der Waals surface area contributed by atoms with Gasteiger partial charge in [-0.15, -0.1) is 0 Å². The van der Waals surface area contributed by atoms with Gasteiger partial charge in [0.25, 0.3) is 0 Å². The molecule has 3 aromatic rings. The molecule has 0 aliphatic carbocycles. The number of nitrogens with zero attached hydrogens (tertiary/aromatic N) is 3. The van der Waals surface area contributed by atoms with Crippen LogP contribution >= 0.6 is 0 Å². The lowest BCUT2D eigenvalue weighted by molar-refractivity contribution is 0.0205. The van der Waals surface area contributed by atoms with Crippen LogP contribution in [0.25, 0.3) is 22.2 Å². The number of carbonyl (C=O) groups is 2. The fourth-order valence-electron chi connectivity index (χ4n) is 4.35. The summed E-state index contributed by atoms with van der Waals surface area (Å²) in [7, 11) is 1.98. The van der Waals surface area contributed by atoms with Gasteiger partial charge in [0.2, 0.25) is 0 Å². The van der Waals surface area contributed by atoms with E-state index in [1.54, 1.807) is 29.2 Å². The van der Waals surface area contributed by atoms with Crippen molar-refractivity contribution in [2.24, 2.45) is 0 Å². The average Bonchev–Trinajstić information content (AvgIpc) is 2.82. The summed E-state index contributed by atoms with van der Waals surface area (Å²) in [6.45, 7) is 6.70. The van der Waals surface area contributed by atoms with Crippen LogP contribution in [0.15, 0.2) is 48.5 Å². The highest BCUT2D eigenvalue weighted by Gasteiger charge is 2.29. The van der Waals surface area contributed by atoms with Crippen molar-refractivity contribution in [3.05, 3.63) is 59.9 Å². The maximum atomic E-state index is 13.6. The number of likely N-dealkylation sites (tertiary alicyclic amines) is 1. The third-order valence-corrected chi connectivity index (χ3v) is 6.20. The number of hydrogen-bond acceptors (Lipinski definition) is 5. The van der Waals surface area contributed by atoms with E-state index in [1.807, 2.05) is 33.9 Å². The van der Waals surface area contributed by atoms with E-state index in [-0.39, 0.29) is 23.5 Å². The van der Waals surface area contributed by atoms with E-state index in [9.17, 15) is 19.1 Å². The number of hydrogen-bond donors (Lipinski definition) is 1.